The largest absolute Gasteiger partial charge is 0.480 e. The number of carboxylic acids is 1. The Kier molecular flexibility index (Phi) is 6.57. The van der Waals surface area contributed by atoms with Crippen LogP contribution in [0.4, 0.5) is 4.79 Å². The van der Waals surface area contributed by atoms with Gasteiger partial charge in [0, 0.05) is 22.3 Å². The zero-order valence-corrected chi connectivity index (χ0v) is 17.7. The maximum atomic E-state index is 12.6. The number of ether oxygens (including phenoxy) is 1. The van der Waals surface area contributed by atoms with E-state index in [1.54, 1.807) is 11.8 Å². The van der Waals surface area contributed by atoms with Gasteiger partial charge in [-0.1, -0.05) is 72.4 Å². The smallest absolute Gasteiger partial charge is 0.410 e. The van der Waals surface area contributed by atoms with Gasteiger partial charge in [0.25, 0.3) is 0 Å². The molecule has 3 aromatic carbocycles. The molecule has 31 heavy (non-hydrogen) atoms. The molecule has 1 aliphatic heterocycles. The molecule has 1 aliphatic rings. The number of likely N-dealkylation sites (tertiary alicyclic amines) is 1. The molecule has 1 amide bonds. The minimum Gasteiger partial charge on any atom is -0.480 e. The number of rotatable bonds is 6. The zero-order chi connectivity index (χ0) is 21.6. The van der Waals surface area contributed by atoms with Gasteiger partial charge in [0.05, 0.1) is 0 Å². The lowest BCUT2D eigenvalue weighted by atomic mass is 9.96. The average Bonchev–Trinajstić information content (AvgIpc) is 3.25. The van der Waals surface area contributed by atoms with E-state index >= 15 is 0 Å². The maximum absolute atomic E-state index is 12.6. The Morgan fingerprint density at radius 3 is 2.16 bits per heavy atom. The summed E-state index contributed by atoms with van der Waals surface area (Å²) in [7, 11) is 0. The van der Waals surface area contributed by atoms with Crippen LogP contribution in [0.15, 0.2) is 94.7 Å². The summed E-state index contributed by atoms with van der Waals surface area (Å²) in [4.78, 5) is 28.0. The van der Waals surface area contributed by atoms with E-state index in [0.717, 1.165) is 20.9 Å². The van der Waals surface area contributed by atoms with Crippen molar-refractivity contribution in [1.29, 1.82) is 0 Å². The van der Waals surface area contributed by atoms with Gasteiger partial charge >= 0.3 is 12.1 Å². The van der Waals surface area contributed by atoms with Crippen molar-refractivity contribution >= 4 is 23.8 Å². The quantitative estimate of drug-likeness (QED) is 0.562. The van der Waals surface area contributed by atoms with Crippen molar-refractivity contribution in [2.45, 2.75) is 34.8 Å². The second-order valence-electron chi connectivity index (χ2n) is 7.46. The maximum Gasteiger partial charge on any atom is 0.410 e. The van der Waals surface area contributed by atoms with Crippen LogP contribution >= 0.6 is 11.8 Å². The Morgan fingerprint density at radius 1 is 0.903 bits per heavy atom. The second kappa shape index (κ2) is 9.71. The van der Waals surface area contributed by atoms with E-state index in [1.807, 2.05) is 72.8 Å². The van der Waals surface area contributed by atoms with Gasteiger partial charge in [0.15, 0.2) is 0 Å². The summed E-state index contributed by atoms with van der Waals surface area (Å²) in [6.07, 6.45) is -0.212. The Labute approximate surface area is 185 Å². The molecule has 1 fully saturated rings. The third kappa shape index (κ3) is 5.27. The fourth-order valence-corrected chi connectivity index (χ4v) is 4.59. The van der Waals surface area contributed by atoms with E-state index in [0.29, 0.717) is 13.0 Å². The summed E-state index contributed by atoms with van der Waals surface area (Å²) >= 11 is 1.68. The van der Waals surface area contributed by atoms with Crippen LogP contribution in [0.2, 0.25) is 0 Å². The van der Waals surface area contributed by atoms with E-state index in [4.69, 9.17) is 4.74 Å². The molecule has 0 aromatic heterocycles. The number of amides is 1. The van der Waals surface area contributed by atoms with Gasteiger partial charge in [-0.2, -0.15) is 0 Å². The first-order valence-corrected chi connectivity index (χ1v) is 10.9. The van der Waals surface area contributed by atoms with Crippen molar-refractivity contribution in [1.82, 2.24) is 4.90 Å². The number of carboxylic acid groups (broad SMARTS) is 1. The van der Waals surface area contributed by atoms with E-state index < -0.39 is 18.1 Å². The lowest BCUT2D eigenvalue weighted by Crippen LogP contribution is -2.40. The van der Waals surface area contributed by atoms with Crippen LogP contribution < -0.4 is 0 Å². The predicted octanol–water partition coefficient (Wildman–Crippen LogP) is 5.42. The van der Waals surface area contributed by atoms with Crippen molar-refractivity contribution in [2.24, 2.45) is 0 Å². The molecule has 0 saturated carbocycles. The summed E-state index contributed by atoms with van der Waals surface area (Å²) in [5.74, 6) is -1.04. The van der Waals surface area contributed by atoms with Crippen LogP contribution in [-0.2, 0) is 16.1 Å². The Bertz CT molecular complexity index is 1020. The number of carbonyl (C=O) groups excluding carboxylic acids is 1. The van der Waals surface area contributed by atoms with Crippen molar-refractivity contribution in [3.8, 4) is 0 Å². The topological polar surface area (TPSA) is 66.8 Å². The molecule has 4 rings (SSSR count). The molecule has 0 aliphatic carbocycles. The summed E-state index contributed by atoms with van der Waals surface area (Å²) in [6, 6.07) is 26.7. The van der Waals surface area contributed by atoms with Crippen LogP contribution in [0.25, 0.3) is 0 Å². The van der Waals surface area contributed by atoms with Gasteiger partial charge in [-0.05, 0) is 41.8 Å². The molecule has 1 N–H and O–H groups in total. The molecule has 0 radical (unpaired) electrons. The highest BCUT2D eigenvalue weighted by atomic mass is 32.2. The molecule has 0 bridgehead atoms. The molecular weight excluding hydrogens is 410 g/mol. The standard InChI is InChI=1S/C25H23NO4S/c27-24(28)23-15-20(16-26(23)25(29)30-17-18-7-3-1-4-8-18)19-11-13-22(14-12-19)31-21-9-5-2-6-10-21/h1-14,20,23H,15-17H2,(H,27,28)/t20?,23-/m0/s1. The highest BCUT2D eigenvalue weighted by Crippen LogP contribution is 2.34. The fourth-order valence-electron chi connectivity index (χ4n) is 3.75. The average molecular weight is 434 g/mol. The van der Waals surface area contributed by atoms with Crippen LogP contribution in [0.5, 0.6) is 0 Å². The molecule has 2 atom stereocenters. The first kappa shape index (κ1) is 21.0. The highest BCUT2D eigenvalue weighted by Gasteiger charge is 2.41. The third-order valence-corrected chi connectivity index (χ3v) is 6.37. The number of aliphatic carboxylic acids is 1. The molecular formula is C25H23NO4S. The fraction of sp³-hybridized carbons (Fsp3) is 0.200. The highest BCUT2D eigenvalue weighted by molar-refractivity contribution is 7.99. The first-order valence-electron chi connectivity index (χ1n) is 10.1. The monoisotopic (exact) mass is 433 g/mol. The lowest BCUT2D eigenvalue weighted by Gasteiger charge is -2.21. The second-order valence-corrected chi connectivity index (χ2v) is 8.61. The number of carbonyl (C=O) groups is 2. The van der Waals surface area contributed by atoms with Gasteiger partial charge in [-0.25, -0.2) is 9.59 Å². The predicted molar refractivity (Wildman–Crippen MR) is 119 cm³/mol. The number of hydrogen-bond acceptors (Lipinski definition) is 4. The van der Waals surface area contributed by atoms with Gasteiger partial charge < -0.3 is 9.84 Å². The Morgan fingerprint density at radius 2 is 1.52 bits per heavy atom. The third-order valence-electron chi connectivity index (χ3n) is 5.36. The van der Waals surface area contributed by atoms with E-state index in [9.17, 15) is 14.7 Å². The first-order chi connectivity index (χ1) is 15.1. The van der Waals surface area contributed by atoms with Crippen molar-refractivity contribution in [2.75, 3.05) is 6.54 Å². The minimum atomic E-state index is -1.00. The van der Waals surface area contributed by atoms with Gasteiger partial charge in [-0.15, -0.1) is 0 Å². The molecule has 1 heterocycles. The van der Waals surface area contributed by atoms with Crippen LogP contribution in [-0.4, -0.2) is 34.7 Å². The molecule has 3 aromatic rings. The number of benzene rings is 3. The van der Waals surface area contributed by atoms with E-state index in [2.05, 4.69) is 12.1 Å². The van der Waals surface area contributed by atoms with Crippen LogP contribution in [0.1, 0.15) is 23.5 Å². The molecule has 1 unspecified atom stereocenters. The molecule has 1 saturated heterocycles. The van der Waals surface area contributed by atoms with Gasteiger partial charge in [0.1, 0.15) is 12.6 Å². The Balaban J connectivity index is 1.41. The minimum absolute atomic E-state index is 0.0406. The van der Waals surface area contributed by atoms with Gasteiger partial charge in [-0.3, -0.25) is 4.90 Å². The molecule has 0 spiro atoms. The zero-order valence-electron chi connectivity index (χ0n) is 16.9. The van der Waals surface area contributed by atoms with Gasteiger partial charge in [0.2, 0.25) is 0 Å². The number of nitrogens with zero attached hydrogens (tertiary/aromatic N) is 1. The van der Waals surface area contributed by atoms with Crippen molar-refractivity contribution in [3.63, 3.8) is 0 Å². The van der Waals surface area contributed by atoms with Crippen LogP contribution in [0.3, 0.4) is 0 Å². The summed E-state index contributed by atoms with van der Waals surface area (Å²) in [5.41, 5.74) is 1.90. The summed E-state index contributed by atoms with van der Waals surface area (Å²) in [6.45, 7) is 0.453. The summed E-state index contributed by atoms with van der Waals surface area (Å²) in [5, 5.41) is 9.64. The van der Waals surface area contributed by atoms with E-state index in [-0.39, 0.29) is 12.5 Å². The normalized spacial score (nSPS) is 18.0. The lowest BCUT2D eigenvalue weighted by molar-refractivity contribution is -0.141. The molecule has 158 valence electrons. The molecule has 5 nitrogen and oxygen atoms in total. The molecule has 6 heteroatoms. The number of hydrogen-bond donors (Lipinski definition) is 1. The van der Waals surface area contributed by atoms with Crippen molar-refractivity contribution in [3.05, 3.63) is 96.1 Å². The van der Waals surface area contributed by atoms with Crippen LogP contribution in [0, 0.1) is 0 Å². The van der Waals surface area contributed by atoms with Crippen molar-refractivity contribution < 1.29 is 19.4 Å². The van der Waals surface area contributed by atoms with E-state index in [1.165, 1.54) is 4.90 Å². The summed E-state index contributed by atoms with van der Waals surface area (Å²) < 4.78 is 5.38. The SMILES string of the molecule is O=C(O)[C@@H]1CC(c2ccc(Sc3ccccc3)cc2)CN1C(=O)OCc1ccccc1. The Hall–Kier alpha value is -3.25.